The van der Waals surface area contributed by atoms with Gasteiger partial charge in [0.05, 0.1) is 4.99 Å². The molecule has 0 saturated carbocycles. The molecule has 0 aliphatic rings. The molecule has 0 aromatic heterocycles. The van der Waals surface area contributed by atoms with Crippen LogP contribution in [-0.2, 0) is 0 Å². The molecular formula is C3H5N+. The monoisotopic (exact) mass is 55.0 g/mol. The number of rotatable bonds is 0. The molecule has 1 heteroatoms. The molecule has 0 saturated heterocycles. The largest absolute Gasteiger partial charge is 0.234 e. The molecule has 0 unspecified atom stereocenters. The fraction of sp³-hybridized carbons (Fsp3) is 0.333. The van der Waals surface area contributed by atoms with Crippen molar-refractivity contribution < 1.29 is 0 Å². The highest BCUT2D eigenvalue weighted by Crippen LogP contribution is 1.02. The fourth-order valence-corrected chi connectivity index (χ4v) is 0. The number of nitrogens with zero attached hydrogens (tertiary/aromatic N) is 1. The molecule has 0 aliphatic carbocycles. The molecule has 4 heavy (non-hydrogen) atoms. The van der Waals surface area contributed by atoms with Crippen molar-refractivity contribution in [2.75, 3.05) is 7.05 Å². The Kier molecular flexibility index (Phi) is 2.11. The summed E-state index contributed by atoms with van der Waals surface area (Å²) in [5.41, 5.74) is 0. The summed E-state index contributed by atoms with van der Waals surface area (Å²) in [4.78, 5) is 3.38. The average molecular weight is 55.1 g/mol. The van der Waals surface area contributed by atoms with Gasteiger partial charge >= 0.3 is 0 Å². The van der Waals surface area contributed by atoms with Crippen LogP contribution in [0.5, 0.6) is 0 Å². The molecule has 0 aromatic rings. The second-order valence-electron chi connectivity index (χ2n) is 0.382. The summed E-state index contributed by atoms with van der Waals surface area (Å²) in [5, 5.41) is 0. The quantitative estimate of drug-likeness (QED) is 0.341. The Morgan fingerprint density at radius 2 is 2.25 bits per heavy atom. The third-order valence-corrected chi connectivity index (χ3v) is 0.158. The maximum absolute atomic E-state index is 3.38. The van der Waals surface area contributed by atoms with E-state index in [1.165, 1.54) is 0 Å². The van der Waals surface area contributed by atoms with Crippen LogP contribution >= 0.6 is 0 Å². The van der Waals surface area contributed by atoms with Crippen LogP contribution in [0.1, 0.15) is 0 Å². The molecule has 1 nitrogen and oxygen atoms in total. The lowest BCUT2D eigenvalue weighted by Crippen LogP contribution is -1.64. The standard InChI is InChI=1S/C3H5N/c1-3-4-2/h1H2,2H3/q+1. The summed E-state index contributed by atoms with van der Waals surface area (Å²) >= 11 is 0. The Labute approximate surface area is 25.7 Å². The van der Waals surface area contributed by atoms with Crippen LogP contribution in [0.3, 0.4) is 0 Å². The molecule has 0 fully saturated rings. The summed E-state index contributed by atoms with van der Waals surface area (Å²) in [7, 11) is 1.63. The SMILES string of the molecule is C=C=[N+]C. The summed E-state index contributed by atoms with van der Waals surface area (Å²) < 4.78 is 0. The van der Waals surface area contributed by atoms with Crippen molar-refractivity contribution in [2.45, 2.75) is 0 Å². The lowest BCUT2D eigenvalue weighted by atomic mass is 11.1. The normalized spacial score (nSPS) is 4.25. The van der Waals surface area contributed by atoms with E-state index in [1.54, 1.807) is 7.05 Å². The Hall–Kier alpha value is -0.550. The predicted molar refractivity (Wildman–Crippen MR) is 18.7 cm³/mol. The van der Waals surface area contributed by atoms with Crippen molar-refractivity contribution in [3.05, 3.63) is 6.58 Å². The van der Waals surface area contributed by atoms with Gasteiger partial charge in [0, 0.05) is 6.58 Å². The van der Waals surface area contributed by atoms with E-state index in [-0.39, 0.29) is 0 Å². The van der Waals surface area contributed by atoms with E-state index in [4.69, 9.17) is 0 Å². The van der Waals surface area contributed by atoms with Gasteiger partial charge in [-0.2, -0.15) is 0 Å². The van der Waals surface area contributed by atoms with E-state index in [0.29, 0.717) is 0 Å². The first kappa shape index (κ1) is 3.45. The zero-order chi connectivity index (χ0) is 3.41. The predicted octanol–water partition coefficient (Wildman–Crippen LogP) is -0.192. The Bertz CT molecular complexity index is 41.2. The van der Waals surface area contributed by atoms with E-state index >= 15 is 0 Å². The molecule has 0 spiro atoms. The molecular weight excluding hydrogens is 50.0 g/mol. The van der Waals surface area contributed by atoms with Crippen molar-refractivity contribution in [3.63, 3.8) is 0 Å². The Morgan fingerprint density at radius 3 is 2.25 bits per heavy atom. The van der Waals surface area contributed by atoms with Crippen molar-refractivity contribution in [1.82, 2.24) is 4.99 Å². The third kappa shape index (κ3) is 1.45. The van der Waals surface area contributed by atoms with E-state index in [2.05, 4.69) is 17.4 Å². The molecule has 0 amide bonds. The smallest absolute Gasteiger partial charge is 0.0172 e. The second kappa shape index (κ2) is 2.45. The van der Waals surface area contributed by atoms with Gasteiger partial charge in [0.2, 0.25) is 12.9 Å². The first-order chi connectivity index (χ1) is 1.91. The minimum Gasteiger partial charge on any atom is 0.0172 e. The maximum Gasteiger partial charge on any atom is 0.234 e. The summed E-state index contributed by atoms with van der Waals surface area (Å²) in [6.45, 7) is 3.19. The van der Waals surface area contributed by atoms with Crippen LogP contribution in [0, 0.1) is 0 Å². The van der Waals surface area contributed by atoms with Crippen molar-refractivity contribution in [2.24, 2.45) is 0 Å². The first-order valence-corrected chi connectivity index (χ1v) is 1.02. The first-order valence-electron chi connectivity index (χ1n) is 1.02. The molecule has 0 atom stereocenters. The van der Waals surface area contributed by atoms with Crippen molar-refractivity contribution in [3.8, 4) is 0 Å². The van der Waals surface area contributed by atoms with Crippen LogP contribution < -0.4 is 4.99 Å². The van der Waals surface area contributed by atoms with Crippen molar-refractivity contribution >= 4 is 5.87 Å². The summed E-state index contributed by atoms with van der Waals surface area (Å²) in [5.74, 6) is 2.31. The van der Waals surface area contributed by atoms with Crippen LogP contribution in [0.15, 0.2) is 6.58 Å². The van der Waals surface area contributed by atoms with E-state index < -0.39 is 0 Å². The van der Waals surface area contributed by atoms with Gasteiger partial charge in [-0.3, -0.25) is 0 Å². The highest BCUT2D eigenvalue weighted by atomic mass is 14.6. The topological polar surface area (TPSA) is 14.1 Å². The third-order valence-electron chi connectivity index (χ3n) is 0.158. The number of hydrogen-bond acceptors (Lipinski definition) is 1. The number of aliphatic imine (C=N–C) groups is 1. The highest BCUT2D eigenvalue weighted by Gasteiger charge is 1.45. The molecule has 0 aliphatic heterocycles. The molecule has 0 aromatic carbocycles. The van der Waals surface area contributed by atoms with Gasteiger partial charge in [-0.15, -0.1) is 0 Å². The van der Waals surface area contributed by atoms with Crippen LogP contribution in [0.2, 0.25) is 0 Å². The Morgan fingerprint density at radius 1 is 2.00 bits per heavy atom. The minimum atomic E-state index is 1.63. The van der Waals surface area contributed by atoms with Gasteiger partial charge in [-0.25, -0.2) is 0 Å². The van der Waals surface area contributed by atoms with E-state index in [0.717, 1.165) is 0 Å². The molecule has 1 radical (unpaired) electrons. The minimum absolute atomic E-state index is 1.63. The Balaban J connectivity index is 3.11. The zero-order valence-corrected chi connectivity index (χ0v) is 2.65. The summed E-state index contributed by atoms with van der Waals surface area (Å²) in [6, 6.07) is 0. The van der Waals surface area contributed by atoms with Crippen LogP contribution in [-0.4, -0.2) is 12.9 Å². The van der Waals surface area contributed by atoms with Crippen LogP contribution in [0.4, 0.5) is 0 Å². The lowest BCUT2D eigenvalue weighted by molar-refractivity contribution is 1.30. The molecule has 0 heterocycles. The van der Waals surface area contributed by atoms with Gasteiger partial charge in [-0.05, 0) is 0 Å². The average Bonchev–Trinajstić information content (AvgIpc) is 1.37. The van der Waals surface area contributed by atoms with Gasteiger partial charge < -0.3 is 0 Å². The zero-order valence-electron chi connectivity index (χ0n) is 2.65. The van der Waals surface area contributed by atoms with Crippen molar-refractivity contribution in [1.29, 1.82) is 0 Å². The molecule has 0 bridgehead atoms. The van der Waals surface area contributed by atoms with E-state index in [1.807, 2.05) is 0 Å². The van der Waals surface area contributed by atoms with Gasteiger partial charge in [-0.1, -0.05) is 0 Å². The van der Waals surface area contributed by atoms with E-state index in [9.17, 15) is 0 Å². The molecule has 21 valence electrons. The maximum atomic E-state index is 3.38. The van der Waals surface area contributed by atoms with Gasteiger partial charge in [0.25, 0.3) is 0 Å². The lowest BCUT2D eigenvalue weighted by Gasteiger charge is -1.17. The van der Waals surface area contributed by atoms with Gasteiger partial charge in [0.15, 0.2) is 0 Å². The number of hydrogen-bond donors (Lipinski definition) is 0. The van der Waals surface area contributed by atoms with Gasteiger partial charge in [0.1, 0.15) is 0 Å². The fourth-order valence-electron chi connectivity index (χ4n) is 0. The highest BCUT2D eigenvalue weighted by molar-refractivity contribution is 5.44. The molecule has 0 N–H and O–H groups in total. The van der Waals surface area contributed by atoms with Crippen LogP contribution in [0.25, 0.3) is 0 Å². The molecule has 0 rings (SSSR count). The second-order valence-corrected chi connectivity index (χ2v) is 0.382. The summed E-state index contributed by atoms with van der Waals surface area (Å²) in [6.07, 6.45) is 0.